The van der Waals surface area contributed by atoms with Crippen LogP contribution in [0.3, 0.4) is 0 Å². The molecule has 0 radical (unpaired) electrons. The van der Waals surface area contributed by atoms with Crippen molar-refractivity contribution in [1.29, 1.82) is 0 Å². The van der Waals surface area contributed by atoms with Gasteiger partial charge in [-0.15, -0.1) is 0 Å². The molecule has 1 N–H and O–H groups in total. The van der Waals surface area contributed by atoms with Gasteiger partial charge in [-0.2, -0.15) is 0 Å². The summed E-state index contributed by atoms with van der Waals surface area (Å²) in [5.74, 6) is -0.189. The van der Waals surface area contributed by atoms with Crippen molar-refractivity contribution >= 4 is 18.7 Å². The van der Waals surface area contributed by atoms with E-state index in [-0.39, 0.29) is 23.4 Å². The quantitative estimate of drug-likeness (QED) is 0.360. The van der Waals surface area contributed by atoms with Gasteiger partial charge in [0.2, 0.25) is 0 Å². The molecule has 0 unspecified atom stereocenters. The van der Waals surface area contributed by atoms with Gasteiger partial charge in [0.15, 0.2) is 5.79 Å². The second-order valence-electron chi connectivity index (χ2n) is 12.4. The third-order valence-electron chi connectivity index (χ3n) is 8.44. The Hall–Kier alpha value is -1.76. The zero-order valence-corrected chi connectivity index (χ0v) is 24.6. The van der Waals surface area contributed by atoms with E-state index in [1.165, 1.54) is 10.4 Å². The molecular weight excluding hydrogens is 476 g/mol. The minimum absolute atomic E-state index is 0.0528. The molecule has 2 aliphatic heterocycles. The molecule has 2 aliphatic rings. The Bertz CT molecular complexity index is 994. The number of aliphatic hydroxyl groups is 1. The van der Waals surface area contributed by atoms with Crippen LogP contribution in [-0.2, 0) is 13.9 Å². The first-order valence-corrected chi connectivity index (χ1v) is 15.8. The lowest BCUT2D eigenvalue weighted by atomic mass is 9.86. The number of hydrogen-bond acceptors (Lipinski definition) is 4. The SMILES string of the molecule is C=C(C)[C@H](O)C[C@@H]1C[C@@H](O[Si](c2ccccc2)(c2ccccc2)C(C)(C)C)C[C@]2(CC[C@H](C)[C@@H](C)O2)O1. The van der Waals surface area contributed by atoms with Crippen molar-refractivity contribution in [2.45, 2.75) is 109 Å². The molecule has 5 heteroatoms. The molecule has 2 aromatic rings. The van der Waals surface area contributed by atoms with Crippen LogP contribution in [0.2, 0.25) is 5.04 Å². The third kappa shape index (κ3) is 5.96. The summed E-state index contributed by atoms with van der Waals surface area (Å²) >= 11 is 0. The fourth-order valence-corrected chi connectivity index (χ4v) is 10.9. The monoisotopic (exact) mass is 522 g/mol. The third-order valence-corrected chi connectivity index (χ3v) is 13.5. The highest BCUT2D eigenvalue weighted by Gasteiger charge is 2.54. The summed E-state index contributed by atoms with van der Waals surface area (Å²) in [7, 11) is -2.73. The number of aliphatic hydroxyl groups excluding tert-OH is 1. The predicted octanol–water partition coefficient (Wildman–Crippen LogP) is 5.97. The van der Waals surface area contributed by atoms with E-state index in [9.17, 15) is 5.11 Å². The molecule has 2 aromatic carbocycles. The van der Waals surface area contributed by atoms with Crippen molar-refractivity contribution < 1.29 is 19.0 Å². The Labute approximate surface area is 225 Å². The van der Waals surface area contributed by atoms with Gasteiger partial charge in [0, 0.05) is 19.3 Å². The van der Waals surface area contributed by atoms with E-state index < -0.39 is 20.2 Å². The van der Waals surface area contributed by atoms with E-state index in [1.54, 1.807) is 0 Å². The molecule has 2 heterocycles. The standard InChI is InChI=1S/C32H46O4Si/c1-23(2)30(33)21-26-20-27(22-32(35-26)19-18-24(3)25(4)34-32)36-37(31(5,6)7,28-14-10-8-11-15-28)29-16-12-9-13-17-29/h8-17,24-27,30,33H,1,18-22H2,2-7H3/t24-,25+,26-,27+,30+,32-/m0/s1. The van der Waals surface area contributed by atoms with Crippen LogP contribution in [0.1, 0.15) is 73.6 Å². The van der Waals surface area contributed by atoms with Gasteiger partial charge < -0.3 is 19.0 Å². The fraction of sp³-hybridized carbons (Fsp3) is 0.562. The van der Waals surface area contributed by atoms with Crippen LogP contribution in [0, 0.1) is 5.92 Å². The molecular formula is C32H46O4Si. The van der Waals surface area contributed by atoms with Gasteiger partial charge in [0.1, 0.15) is 0 Å². The molecule has 4 rings (SSSR count). The highest BCUT2D eigenvalue weighted by Crippen LogP contribution is 2.45. The van der Waals surface area contributed by atoms with Crippen LogP contribution in [0.4, 0.5) is 0 Å². The maximum Gasteiger partial charge on any atom is 0.261 e. The number of hydrogen-bond donors (Lipinski definition) is 1. The highest BCUT2D eigenvalue weighted by atomic mass is 28.4. The Morgan fingerprint density at radius 1 is 1.05 bits per heavy atom. The van der Waals surface area contributed by atoms with Gasteiger partial charge in [-0.05, 0) is 48.0 Å². The van der Waals surface area contributed by atoms with Crippen LogP contribution in [0.5, 0.6) is 0 Å². The summed E-state index contributed by atoms with van der Waals surface area (Å²) in [6, 6.07) is 21.6. The smallest absolute Gasteiger partial charge is 0.261 e. The maximum absolute atomic E-state index is 10.7. The Kier molecular flexibility index (Phi) is 8.51. The second-order valence-corrected chi connectivity index (χ2v) is 16.7. The first-order chi connectivity index (χ1) is 17.5. The zero-order chi connectivity index (χ0) is 26.8. The van der Waals surface area contributed by atoms with Crippen LogP contribution < -0.4 is 10.4 Å². The lowest BCUT2D eigenvalue weighted by molar-refractivity contribution is -0.332. The van der Waals surface area contributed by atoms with E-state index in [1.807, 2.05) is 6.92 Å². The molecule has 202 valence electrons. The Morgan fingerprint density at radius 2 is 1.62 bits per heavy atom. The summed E-state index contributed by atoms with van der Waals surface area (Å²) in [5, 5.41) is 13.2. The molecule has 0 bridgehead atoms. The average molecular weight is 523 g/mol. The molecule has 2 saturated heterocycles. The van der Waals surface area contributed by atoms with Crippen molar-refractivity contribution in [3.8, 4) is 0 Å². The number of ether oxygens (including phenoxy) is 2. The molecule has 4 nitrogen and oxygen atoms in total. The summed E-state index contributed by atoms with van der Waals surface area (Å²) < 4.78 is 20.9. The minimum Gasteiger partial charge on any atom is -0.404 e. The Balaban J connectivity index is 1.76. The molecule has 2 fully saturated rings. The zero-order valence-electron chi connectivity index (χ0n) is 23.6. The van der Waals surface area contributed by atoms with E-state index in [0.29, 0.717) is 18.8 Å². The van der Waals surface area contributed by atoms with Crippen LogP contribution >= 0.6 is 0 Å². The predicted molar refractivity (Wildman–Crippen MR) is 154 cm³/mol. The van der Waals surface area contributed by atoms with E-state index in [4.69, 9.17) is 13.9 Å². The molecule has 0 aliphatic carbocycles. The highest BCUT2D eigenvalue weighted by molar-refractivity contribution is 6.99. The van der Waals surface area contributed by atoms with Crippen molar-refractivity contribution in [2.75, 3.05) is 0 Å². The van der Waals surface area contributed by atoms with E-state index in [2.05, 4.69) is 102 Å². The van der Waals surface area contributed by atoms with Gasteiger partial charge in [0.05, 0.1) is 24.4 Å². The summed E-state index contributed by atoms with van der Waals surface area (Å²) in [6.07, 6.45) is 3.14. The normalized spacial score (nSPS) is 29.7. The average Bonchev–Trinajstić information content (AvgIpc) is 2.85. The van der Waals surface area contributed by atoms with E-state index in [0.717, 1.165) is 24.8 Å². The summed E-state index contributed by atoms with van der Waals surface area (Å²) in [5.41, 5.74) is 0.763. The first-order valence-electron chi connectivity index (χ1n) is 13.9. The lowest BCUT2D eigenvalue weighted by Crippen LogP contribution is -2.69. The second kappa shape index (κ2) is 11.2. The van der Waals surface area contributed by atoms with Crippen molar-refractivity contribution in [3.63, 3.8) is 0 Å². The van der Waals surface area contributed by atoms with Crippen molar-refractivity contribution in [3.05, 3.63) is 72.8 Å². The molecule has 37 heavy (non-hydrogen) atoms. The first kappa shape index (κ1) is 28.3. The van der Waals surface area contributed by atoms with Gasteiger partial charge in [-0.3, -0.25) is 0 Å². The molecule has 6 atom stereocenters. The summed E-state index contributed by atoms with van der Waals surface area (Å²) in [6.45, 7) is 17.2. The van der Waals surface area contributed by atoms with Gasteiger partial charge in [0.25, 0.3) is 8.32 Å². The fourth-order valence-electron chi connectivity index (χ4n) is 6.18. The Morgan fingerprint density at radius 3 is 2.11 bits per heavy atom. The van der Waals surface area contributed by atoms with Crippen LogP contribution in [0.25, 0.3) is 0 Å². The number of benzene rings is 2. The van der Waals surface area contributed by atoms with E-state index >= 15 is 0 Å². The van der Waals surface area contributed by atoms with Gasteiger partial charge >= 0.3 is 0 Å². The number of rotatable bonds is 7. The van der Waals surface area contributed by atoms with Crippen LogP contribution in [-0.4, -0.2) is 43.6 Å². The van der Waals surface area contributed by atoms with Crippen LogP contribution in [0.15, 0.2) is 72.8 Å². The summed E-state index contributed by atoms with van der Waals surface area (Å²) in [4.78, 5) is 0. The maximum atomic E-state index is 10.7. The molecule has 1 spiro atoms. The lowest BCUT2D eigenvalue weighted by Gasteiger charge is -2.52. The minimum atomic E-state index is -2.73. The largest absolute Gasteiger partial charge is 0.404 e. The van der Waals surface area contributed by atoms with Gasteiger partial charge in [-0.1, -0.05) is 101 Å². The molecule has 0 amide bonds. The molecule has 0 saturated carbocycles. The van der Waals surface area contributed by atoms with Gasteiger partial charge in [-0.25, -0.2) is 0 Å². The molecule has 0 aromatic heterocycles. The van der Waals surface area contributed by atoms with Crippen molar-refractivity contribution in [2.24, 2.45) is 5.92 Å². The topological polar surface area (TPSA) is 47.9 Å². The van der Waals surface area contributed by atoms with Crippen molar-refractivity contribution in [1.82, 2.24) is 0 Å².